The molecule has 1 unspecified atom stereocenters. The number of aryl methyl sites for hydroxylation is 1. The van der Waals surface area contributed by atoms with Gasteiger partial charge in [0, 0.05) is 29.9 Å². The van der Waals surface area contributed by atoms with Gasteiger partial charge in [0.1, 0.15) is 17.8 Å². The maximum atomic E-state index is 10.6. The molecule has 1 atom stereocenters. The van der Waals surface area contributed by atoms with Crippen LogP contribution in [0.5, 0.6) is 0 Å². The zero-order chi connectivity index (χ0) is 18.9. The first-order valence-corrected chi connectivity index (χ1v) is 9.61. The van der Waals surface area contributed by atoms with Crippen molar-refractivity contribution in [3.63, 3.8) is 0 Å². The predicted octanol–water partition coefficient (Wildman–Crippen LogP) is 6.57. The molecule has 3 rings (SSSR count). The molecule has 0 bridgehead atoms. The van der Waals surface area contributed by atoms with Gasteiger partial charge in [-0.2, -0.15) is 0 Å². The molecule has 0 aliphatic heterocycles. The van der Waals surface area contributed by atoms with Gasteiger partial charge in [-0.15, -0.1) is 6.58 Å². The standard InChI is InChI=1S/C25H26O2/c1-2-12-22(20-13-6-3-7-14-20)23-19-25(21-15-8-4-9-16-21)27-24(23)17-10-5-11-18-26/h2-4,6-9,13-16,18-19,22H,1,5,10-12,17H2. The average Bonchev–Trinajstić information content (AvgIpc) is 3.14. The fourth-order valence-electron chi connectivity index (χ4n) is 3.49. The van der Waals surface area contributed by atoms with Crippen LogP contribution in [0.4, 0.5) is 0 Å². The van der Waals surface area contributed by atoms with Crippen LogP contribution in [0.2, 0.25) is 0 Å². The van der Waals surface area contributed by atoms with Crippen LogP contribution in [0.3, 0.4) is 0 Å². The van der Waals surface area contributed by atoms with Crippen molar-refractivity contribution < 1.29 is 9.21 Å². The highest BCUT2D eigenvalue weighted by atomic mass is 16.3. The Kier molecular flexibility index (Phi) is 6.81. The van der Waals surface area contributed by atoms with E-state index in [9.17, 15) is 4.79 Å². The van der Waals surface area contributed by atoms with Gasteiger partial charge >= 0.3 is 0 Å². The minimum absolute atomic E-state index is 0.228. The van der Waals surface area contributed by atoms with E-state index < -0.39 is 0 Å². The molecule has 3 aromatic rings. The van der Waals surface area contributed by atoms with E-state index in [-0.39, 0.29) is 5.92 Å². The highest BCUT2D eigenvalue weighted by Crippen LogP contribution is 2.36. The maximum absolute atomic E-state index is 10.6. The summed E-state index contributed by atoms with van der Waals surface area (Å²) in [5, 5.41) is 0. The molecule has 2 aromatic carbocycles. The van der Waals surface area contributed by atoms with Crippen LogP contribution >= 0.6 is 0 Å². The van der Waals surface area contributed by atoms with Gasteiger partial charge in [-0.05, 0) is 30.9 Å². The number of carbonyl (C=O) groups is 1. The van der Waals surface area contributed by atoms with Crippen LogP contribution in [0.15, 0.2) is 83.8 Å². The molecule has 0 N–H and O–H groups in total. The fraction of sp³-hybridized carbons (Fsp3) is 0.240. The van der Waals surface area contributed by atoms with Crippen molar-refractivity contribution in [3.8, 4) is 11.3 Å². The van der Waals surface area contributed by atoms with Gasteiger partial charge < -0.3 is 9.21 Å². The molecule has 0 saturated heterocycles. The van der Waals surface area contributed by atoms with E-state index in [1.165, 1.54) is 11.1 Å². The van der Waals surface area contributed by atoms with E-state index in [4.69, 9.17) is 4.42 Å². The maximum Gasteiger partial charge on any atom is 0.134 e. The van der Waals surface area contributed by atoms with Gasteiger partial charge in [-0.25, -0.2) is 0 Å². The van der Waals surface area contributed by atoms with Crippen LogP contribution in [0.1, 0.15) is 48.5 Å². The Labute approximate surface area is 161 Å². The van der Waals surface area contributed by atoms with Crippen LogP contribution in [0, 0.1) is 0 Å². The number of furan rings is 1. The second-order valence-electron chi connectivity index (χ2n) is 6.76. The summed E-state index contributed by atoms with van der Waals surface area (Å²) in [6.07, 6.45) is 7.11. The molecule has 2 nitrogen and oxygen atoms in total. The van der Waals surface area contributed by atoms with E-state index in [1.54, 1.807) is 0 Å². The predicted molar refractivity (Wildman–Crippen MR) is 111 cm³/mol. The number of carbonyl (C=O) groups excluding carboxylic acids is 1. The van der Waals surface area contributed by atoms with Crippen LogP contribution in [-0.4, -0.2) is 6.29 Å². The molecule has 0 fully saturated rings. The molecule has 138 valence electrons. The van der Waals surface area contributed by atoms with Gasteiger partial charge in [-0.1, -0.05) is 66.7 Å². The molecule has 2 heteroatoms. The van der Waals surface area contributed by atoms with Crippen molar-refractivity contribution in [2.75, 3.05) is 0 Å². The third-order valence-electron chi connectivity index (χ3n) is 4.86. The Morgan fingerprint density at radius 1 is 0.963 bits per heavy atom. The number of allylic oxidation sites excluding steroid dienone is 1. The van der Waals surface area contributed by atoms with Gasteiger partial charge in [0.05, 0.1) is 0 Å². The summed E-state index contributed by atoms with van der Waals surface area (Å²) in [5.41, 5.74) is 3.58. The summed E-state index contributed by atoms with van der Waals surface area (Å²) in [7, 11) is 0. The number of hydrogen-bond acceptors (Lipinski definition) is 2. The Morgan fingerprint density at radius 2 is 1.67 bits per heavy atom. The lowest BCUT2D eigenvalue weighted by molar-refractivity contribution is -0.107. The normalized spacial score (nSPS) is 11.9. The lowest BCUT2D eigenvalue weighted by Gasteiger charge is -2.16. The molecule has 1 aromatic heterocycles. The van der Waals surface area contributed by atoms with E-state index in [0.29, 0.717) is 6.42 Å². The Hall–Kier alpha value is -2.87. The number of aldehydes is 1. The first-order valence-electron chi connectivity index (χ1n) is 9.61. The first kappa shape index (κ1) is 18.9. The van der Waals surface area contributed by atoms with Crippen LogP contribution < -0.4 is 0 Å². The van der Waals surface area contributed by atoms with Crippen molar-refractivity contribution >= 4 is 6.29 Å². The van der Waals surface area contributed by atoms with Crippen molar-refractivity contribution in [1.29, 1.82) is 0 Å². The third-order valence-corrected chi connectivity index (χ3v) is 4.86. The zero-order valence-corrected chi connectivity index (χ0v) is 15.6. The number of hydrogen-bond donors (Lipinski definition) is 0. The van der Waals surface area contributed by atoms with E-state index in [2.05, 4.69) is 49.0 Å². The molecule has 0 saturated carbocycles. The van der Waals surface area contributed by atoms with E-state index >= 15 is 0 Å². The third kappa shape index (κ3) is 4.85. The van der Waals surface area contributed by atoms with Gasteiger partial charge in [0.25, 0.3) is 0 Å². The van der Waals surface area contributed by atoms with E-state index in [0.717, 1.165) is 49.1 Å². The highest BCUT2D eigenvalue weighted by molar-refractivity contribution is 5.59. The summed E-state index contributed by atoms with van der Waals surface area (Å²) in [5.74, 6) is 2.16. The molecule has 0 amide bonds. The molecule has 27 heavy (non-hydrogen) atoms. The van der Waals surface area contributed by atoms with Crippen molar-refractivity contribution in [1.82, 2.24) is 0 Å². The zero-order valence-electron chi connectivity index (χ0n) is 15.6. The first-order chi connectivity index (χ1) is 13.3. The van der Waals surface area contributed by atoms with Crippen LogP contribution in [0.25, 0.3) is 11.3 Å². The molecule has 0 radical (unpaired) electrons. The number of unbranched alkanes of at least 4 members (excludes halogenated alkanes) is 2. The highest BCUT2D eigenvalue weighted by Gasteiger charge is 2.21. The Bertz CT molecular complexity index is 847. The average molecular weight is 358 g/mol. The SMILES string of the molecule is C=CCC(c1ccccc1)c1cc(-c2ccccc2)oc1CCCCC=O. The molecular formula is C25H26O2. The Balaban J connectivity index is 1.98. The van der Waals surface area contributed by atoms with Gasteiger partial charge in [0.15, 0.2) is 0 Å². The molecular weight excluding hydrogens is 332 g/mol. The summed E-state index contributed by atoms with van der Waals surface area (Å²) < 4.78 is 6.31. The second-order valence-corrected chi connectivity index (χ2v) is 6.76. The van der Waals surface area contributed by atoms with Crippen LogP contribution in [-0.2, 0) is 11.2 Å². The van der Waals surface area contributed by atoms with Crippen molar-refractivity contribution in [3.05, 3.63) is 96.3 Å². The second kappa shape index (κ2) is 9.72. The monoisotopic (exact) mass is 358 g/mol. The minimum atomic E-state index is 0.228. The molecule has 0 aliphatic rings. The van der Waals surface area contributed by atoms with Crippen molar-refractivity contribution in [2.45, 2.75) is 38.0 Å². The van der Waals surface area contributed by atoms with Gasteiger partial charge in [0.2, 0.25) is 0 Å². The fourth-order valence-corrected chi connectivity index (χ4v) is 3.49. The van der Waals surface area contributed by atoms with Gasteiger partial charge in [-0.3, -0.25) is 0 Å². The molecule has 0 aliphatic carbocycles. The number of rotatable bonds is 10. The lowest BCUT2D eigenvalue weighted by atomic mass is 9.87. The molecule has 1 heterocycles. The summed E-state index contributed by atoms with van der Waals surface area (Å²) >= 11 is 0. The summed E-state index contributed by atoms with van der Waals surface area (Å²) in [6.45, 7) is 3.96. The largest absolute Gasteiger partial charge is 0.461 e. The number of benzene rings is 2. The lowest BCUT2D eigenvalue weighted by Crippen LogP contribution is -2.02. The van der Waals surface area contributed by atoms with Crippen molar-refractivity contribution in [2.24, 2.45) is 0 Å². The quantitative estimate of drug-likeness (QED) is 0.233. The molecule has 0 spiro atoms. The Morgan fingerprint density at radius 3 is 2.33 bits per heavy atom. The smallest absolute Gasteiger partial charge is 0.134 e. The summed E-state index contributed by atoms with van der Waals surface area (Å²) in [4.78, 5) is 10.6. The van der Waals surface area contributed by atoms with E-state index in [1.807, 2.05) is 30.3 Å². The topological polar surface area (TPSA) is 30.2 Å². The minimum Gasteiger partial charge on any atom is -0.461 e. The summed E-state index contributed by atoms with van der Waals surface area (Å²) in [6, 6.07) is 22.9.